The summed E-state index contributed by atoms with van der Waals surface area (Å²) in [6, 6.07) is 16.5. The van der Waals surface area contributed by atoms with Gasteiger partial charge in [-0.1, -0.05) is 29.8 Å². The van der Waals surface area contributed by atoms with Gasteiger partial charge in [-0.2, -0.15) is 0 Å². The van der Waals surface area contributed by atoms with Crippen LogP contribution in [0.25, 0.3) is 11.0 Å². The molecule has 5 rings (SSSR count). The second kappa shape index (κ2) is 9.16. The van der Waals surface area contributed by atoms with Crippen molar-refractivity contribution in [2.45, 2.75) is 31.8 Å². The molecule has 0 spiro atoms. The fourth-order valence-corrected chi connectivity index (χ4v) is 4.65. The first-order valence-electron chi connectivity index (χ1n) is 11.1. The van der Waals surface area contributed by atoms with E-state index >= 15 is 0 Å². The summed E-state index contributed by atoms with van der Waals surface area (Å²) in [7, 11) is 0. The minimum absolute atomic E-state index is 0.0892. The highest BCUT2D eigenvalue weighted by Crippen LogP contribution is 2.31. The molecule has 1 aliphatic rings. The van der Waals surface area contributed by atoms with E-state index in [1.54, 1.807) is 41.4 Å². The molecule has 3 aromatic heterocycles. The van der Waals surface area contributed by atoms with Crippen LogP contribution in [0.2, 0.25) is 5.02 Å². The Morgan fingerprint density at radius 2 is 1.88 bits per heavy atom. The number of nitrogens with zero attached hydrogens (tertiary/aromatic N) is 4. The van der Waals surface area contributed by atoms with Gasteiger partial charge >= 0.3 is 0 Å². The highest BCUT2D eigenvalue weighted by Gasteiger charge is 2.31. The van der Waals surface area contributed by atoms with Gasteiger partial charge in [-0.15, -0.1) is 0 Å². The number of amides is 1. The fourth-order valence-electron chi connectivity index (χ4n) is 4.53. The van der Waals surface area contributed by atoms with E-state index in [9.17, 15) is 9.59 Å². The number of halogens is 1. The van der Waals surface area contributed by atoms with E-state index in [1.165, 1.54) is 0 Å². The van der Waals surface area contributed by atoms with Gasteiger partial charge in [0.05, 0.1) is 12.6 Å². The lowest BCUT2D eigenvalue weighted by Gasteiger charge is -2.36. The molecule has 1 atom stereocenters. The number of carbonyl (C=O) groups is 1. The quantitative estimate of drug-likeness (QED) is 0.438. The van der Waals surface area contributed by atoms with Crippen LogP contribution in [0.5, 0.6) is 0 Å². The average Bonchev–Trinajstić information content (AvgIpc) is 2.87. The topological polar surface area (TPSA) is 68.1 Å². The maximum atomic E-state index is 13.8. The van der Waals surface area contributed by atoms with Crippen LogP contribution in [0, 0.1) is 0 Å². The van der Waals surface area contributed by atoms with Gasteiger partial charge in [-0.25, -0.2) is 4.98 Å². The number of aromatic nitrogens is 3. The van der Waals surface area contributed by atoms with Crippen LogP contribution in [0.3, 0.4) is 0 Å². The van der Waals surface area contributed by atoms with E-state index in [2.05, 4.69) is 9.97 Å². The van der Waals surface area contributed by atoms with Crippen LogP contribution < -0.4 is 5.56 Å². The van der Waals surface area contributed by atoms with Crippen LogP contribution in [0.15, 0.2) is 78.0 Å². The molecule has 0 N–H and O–H groups in total. The van der Waals surface area contributed by atoms with Crippen molar-refractivity contribution in [2.24, 2.45) is 0 Å². The third-order valence-corrected chi connectivity index (χ3v) is 6.42. The van der Waals surface area contributed by atoms with Gasteiger partial charge in [0.15, 0.2) is 0 Å². The predicted molar refractivity (Wildman–Crippen MR) is 128 cm³/mol. The number of piperidine rings is 1. The van der Waals surface area contributed by atoms with Crippen molar-refractivity contribution in [1.82, 2.24) is 19.4 Å². The number of likely N-dealkylation sites (tertiary alicyclic amines) is 1. The molecule has 1 saturated heterocycles. The van der Waals surface area contributed by atoms with E-state index in [-0.39, 0.29) is 23.1 Å². The minimum atomic E-state index is -0.336. The standard InChI is InChI=1S/C26H23ClN4O2/c27-21-10-8-18(9-11-21)17-31-24-19(5-4-13-29-24)15-22(26(31)33)25(32)30-14-2-1-7-23(30)20-6-3-12-28-16-20/h3-6,8-13,15-16,23H,1-2,7,14,17H2. The molecule has 0 aliphatic carbocycles. The number of pyridine rings is 3. The van der Waals surface area contributed by atoms with Crippen molar-refractivity contribution in [3.8, 4) is 0 Å². The molecule has 1 aromatic carbocycles. The molecule has 1 fully saturated rings. The third kappa shape index (κ3) is 4.26. The summed E-state index contributed by atoms with van der Waals surface area (Å²) in [6.45, 7) is 0.913. The molecule has 1 aliphatic heterocycles. The number of hydrogen-bond donors (Lipinski definition) is 0. The Hall–Kier alpha value is -3.51. The second-order valence-corrected chi connectivity index (χ2v) is 8.72. The summed E-state index contributed by atoms with van der Waals surface area (Å²) >= 11 is 6.02. The first kappa shape index (κ1) is 21.3. The molecule has 166 valence electrons. The van der Waals surface area contributed by atoms with Gasteiger partial charge in [-0.05, 0) is 66.8 Å². The van der Waals surface area contributed by atoms with Crippen molar-refractivity contribution in [3.63, 3.8) is 0 Å². The van der Waals surface area contributed by atoms with Crippen molar-refractivity contribution >= 4 is 28.5 Å². The Labute approximate surface area is 196 Å². The highest BCUT2D eigenvalue weighted by molar-refractivity contribution is 6.30. The van der Waals surface area contributed by atoms with Crippen LogP contribution in [0.4, 0.5) is 0 Å². The number of benzene rings is 1. The molecule has 33 heavy (non-hydrogen) atoms. The van der Waals surface area contributed by atoms with Crippen molar-refractivity contribution < 1.29 is 4.79 Å². The van der Waals surface area contributed by atoms with E-state index in [0.717, 1.165) is 35.8 Å². The Bertz CT molecular complexity index is 1350. The monoisotopic (exact) mass is 458 g/mol. The lowest BCUT2D eigenvalue weighted by molar-refractivity contribution is 0.0609. The van der Waals surface area contributed by atoms with Gasteiger partial charge in [0.25, 0.3) is 11.5 Å². The molecule has 0 radical (unpaired) electrons. The van der Waals surface area contributed by atoms with E-state index in [4.69, 9.17) is 11.6 Å². The zero-order valence-electron chi connectivity index (χ0n) is 18.0. The second-order valence-electron chi connectivity index (χ2n) is 8.29. The van der Waals surface area contributed by atoms with E-state index in [0.29, 0.717) is 23.8 Å². The average molecular weight is 459 g/mol. The van der Waals surface area contributed by atoms with Gasteiger partial charge in [0, 0.05) is 35.5 Å². The van der Waals surface area contributed by atoms with Crippen LogP contribution in [-0.2, 0) is 6.54 Å². The Balaban J connectivity index is 1.59. The molecule has 1 amide bonds. The smallest absolute Gasteiger partial charge is 0.265 e. The summed E-state index contributed by atoms with van der Waals surface area (Å²) in [5, 5.41) is 1.38. The maximum Gasteiger partial charge on any atom is 0.265 e. The lowest BCUT2D eigenvalue weighted by Crippen LogP contribution is -2.41. The van der Waals surface area contributed by atoms with Crippen LogP contribution >= 0.6 is 11.6 Å². The van der Waals surface area contributed by atoms with Crippen molar-refractivity contribution in [3.05, 3.63) is 105 Å². The highest BCUT2D eigenvalue weighted by atomic mass is 35.5. The Kier molecular flexibility index (Phi) is 5.92. The normalized spacial score (nSPS) is 16.2. The molecule has 7 heteroatoms. The summed E-state index contributed by atoms with van der Waals surface area (Å²) in [5.74, 6) is -0.246. The summed E-state index contributed by atoms with van der Waals surface area (Å²) in [4.78, 5) is 37.9. The zero-order valence-corrected chi connectivity index (χ0v) is 18.8. The molecule has 1 unspecified atom stereocenters. The molecule has 0 bridgehead atoms. The van der Waals surface area contributed by atoms with E-state index in [1.807, 2.05) is 41.3 Å². The summed E-state index contributed by atoms with van der Waals surface area (Å²) in [6.07, 6.45) is 7.99. The van der Waals surface area contributed by atoms with Crippen LogP contribution in [-0.4, -0.2) is 31.9 Å². The number of fused-ring (bicyclic) bond motifs is 1. The molecule has 4 aromatic rings. The first-order chi connectivity index (χ1) is 16.1. The van der Waals surface area contributed by atoms with E-state index < -0.39 is 0 Å². The third-order valence-electron chi connectivity index (χ3n) is 6.17. The van der Waals surface area contributed by atoms with Crippen LogP contribution in [0.1, 0.15) is 46.8 Å². The Morgan fingerprint density at radius 3 is 2.67 bits per heavy atom. The molecule has 4 heterocycles. The van der Waals surface area contributed by atoms with Gasteiger partial charge < -0.3 is 4.90 Å². The molecule has 6 nitrogen and oxygen atoms in total. The SMILES string of the molecule is O=C(c1cc2cccnc2n(Cc2ccc(Cl)cc2)c1=O)N1CCCCC1c1cccnc1. The number of hydrogen-bond acceptors (Lipinski definition) is 4. The predicted octanol–water partition coefficient (Wildman–Crippen LogP) is 4.86. The van der Waals surface area contributed by atoms with Crippen molar-refractivity contribution in [1.29, 1.82) is 0 Å². The van der Waals surface area contributed by atoms with Gasteiger partial charge in [0.1, 0.15) is 11.2 Å². The van der Waals surface area contributed by atoms with Crippen molar-refractivity contribution in [2.75, 3.05) is 6.54 Å². The molecular formula is C26H23ClN4O2. The Morgan fingerprint density at radius 1 is 1.06 bits per heavy atom. The lowest BCUT2D eigenvalue weighted by atomic mass is 9.95. The number of rotatable bonds is 4. The first-order valence-corrected chi connectivity index (χ1v) is 11.4. The summed E-state index contributed by atoms with van der Waals surface area (Å²) < 4.78 is 1.58. The van der Waals surface area contributed by atoms with Gasteiger partial charge in [-0.3, -0.25) is 19.1 Å². The van der Waals surface area contributed by atoms with Gasteiger partial charge in [0.2, 0.25) is 0 Å². The summed E-state index contributed by atoms with van der Waals surface area (Å²) in [5.41, 5.74) is 2.28. The molecule has 0 saturated carbocycles. The zero-order chi connectivity index (χ0) is 22.8. The maximum absolute atomic E-state index is 13.8. The largest absolute Gasteiger partial charge is 0.331 e. The minimum Gasteiger partial charge on any atom is -0.331 e. The molecular weight excluding hydrogens is 436 g/mol. The number of carbonyl (C=O) groups excluding carboxylic acids is 1. The fraction of sp³-hybridized carbons (Fsp3) is 0.231.